The van der Waals surface area contributed by atoms with Crippen LogP contribution < -0.4 is 10.6 Å². The Labute approximate surface area is 107 Å². The molecule has 1 heterocycles. The molecule has 0 fully saturated rings. The van der Waals surface area contributed by atoms with Crippen molar-refractivity contribution in [1.29, 1.82) is 0 Å². The van der Waals surface area contributed by atoms with Crippen LogP contribution in [0.3, 0.4) is 0 Å². The maximum atomic E-state index is 5.44. The lowest BCUT2D eigenvalue weighted by Gasteiger charge is -2.19. The third-order valence-corrected chi connectivity index (χ3v) is 2.32. The fourth-order valence-corrected chi connectivity index (χ4v) is 1.40. The Balaban J connectivity index is 2.51. The fraction of sp³-hybridized carbons (Fsp3) is 0.818. The van der Waals surface area contributed by atoms with Gasteiger partial charge in [0.05, 0.1) is 19.8 Å². The molecule has 7 nitrogen and oxygen atoms in total. The zero-order valence-electron chi connectivity index (χ0n) is 11.1. The zero-order valence-corrected chi connectivity index (χ0v) is 11.1. The molecule has 1 rings (SSSR count). The lowest BCUT2D eigenvalue weighted by Crippen LogP contribution is -2.31. The summed E-state index contributed by atoms with van der Waals surface area (Å²) in [5.74, 6) is 0.433. The summed E-state index contributed by atoms with van der Waals surface area (Å²) < 4.78 is 16.1. The minimum absolute atomic E-state index is 0.248. The molecule has 2 N–H and O–H groups in total. The van der Waals surface area contributed by atoms with Crippen molar-refractivity contribution in [3.05, 3.63) is 5.89 Å². The van der Waals surface area contributed by atoms with Gasteiger partial charge in [0, 0.05) is 26.3 Å². The van der Waals surface area contributed by atoms with Gasteiger partial charge in [-0.1, -0.05) is 5.10 Å². The molecule has 1 aromatic heterocycles. The molecule has 0 unspecified atom stereocenters. The van der Waals surface area contributed by atoms with Crippen LogP contribution in [0, 0.1) is 0 Å². The predicted octanol–water partition coefficient (Wildman–Crippen LogP) is 0.408. The summed E-state index contributed by atoms with van der Waals surface area (Å²) in [5.41, 5.74) is 5.44. The highest BCUT2D eigenvalue weighted by molar-refractivity contribution is 5.23. The first kappa shape index (κ1) is 14.9. The van der Waals surface area contributed by atoms with Crippen molar-refractivity contribution in [3.63, 3.8) is 0 Å². The molecule has 0 aliphatic rings. The molecule has 0 bridgehead atoms. The summed E-state index contributed by atoms with van der Waals surface area (Å²) in [6.07, 6.45) is 0. The molecule has 0 aliphatic heterocycles. The Morgan fingerprint density at radius 2 is 1.72 bits per heavy atom. The maximum Gasteiger partial charge on any atom is 0.318 e. The summed E-state index contributed by atoms with van der Waals surface area (Å²) in [5, 5.41) is 7.81. The van der Waals surface area contributed by atoms with Gasteiger partial charge in [-0.2, -0.15) is 0 Å². The Kier molecular flexibility index (Phi) is 7.31. The van der Waals surface area contributed by atoms with Crippen molar-refractivity contribution in [2.45, 2.75) is 20.4 Å². The fourth-order valence-electron chi connectivity index (χ4n) is 1.40. The van der Waals surface area contributed by atoms with E-state index in [-0.39, 0.29) is 6.54 Å². The Morgan fingerprint density at radius 3 is 2.17 bits per heavy atom. The number of anilines is 1. The Bertz CT molecular complexity index is 309. The lowest BCUT2D eigenvalue weighted by molar-refractivity contribution is 0.140. The number of hydrogen-bond donors (Lipinski definition) is 1. The van der Waals surface area contributed by atoms with Gasteiger partial charge in [0.2, 0.25) is 5.89 Å². The largest absolute Gasteiger partial charge is 0.407 e. The molecule has 104 valence electrons. The first-order valence-corrected chi connectivity index (χ1v) is 6.24. The molecule has 18 heavy (non-hydrogen) atoms. The summed E-state index contributed by atoms with van der Waals surface area (Å²) >= 11 is 0. The molecule has 0 aromatic carbocycles. The molecule has 0 radical (unpaired) electrons. The molecule has 7 heteroatoms. The summed E-state index contributed by atoms with van der Waals surface area (Å²) in [6.45, 7) is 8.16. The quantitative estimate of drug-likeness (QED) is 0.608. The number of ether oxygens (including phenoxy) is 2. The van der Waals surface area contributed by atoms with Crippen LogP contribution >= 0.6 is 0 Å². The average molecular weight is 258 g/mol. The third kappa shape index (κ3) is 4.99. The highest BCUT2D eigenvalue weighted by Crippen LogP contribution is 2.11. The van der Waals surface area contributed by atoms with E-state index in [0.29, 0.717) is 51.4 Å². The summed E-state index contributed by atoms with van der Waals surface area (Å²) in [7, 11) is 0. The van der Waals surface area contributed by atoms with Gasteiger partial charge in [-0.25, -0.2) is 0 Å². The van der Waals surface area contributed by atoms with Gasteiger partial charge in [-0.15, -0.1) is 5.10 Å². The number of nitrogens with two attached hydrogens (primary N) is 1. The number of hydrogen-bond acceptors (Lipinski definition) is 7. The van der Waals surface area contributed by atoms with Gasteiger partial charge in [0.25, 0.3) is 0 Å². The van der Waals surface area contributed by atoms with Crippen molar-refractivity contribution >= 4 is 6.01 Å². The molecule has 0 saturated carbocycles. The minimum atomic E-state index is 0.248. The molecule has 1 aromatic rings. The Hall–Kier alpha value is -1.18. The van der Waals surface area contributed by atoms with E-state index < -0.39 is 0 Å². The van der Waals surface area contributed by atoms with E-state index in [9.17, 15) is 0 Å². The number of rotatable bonds is 10. The molecular weight excluding hydrogens is 236 g/mol. The van der Waals surface area contributed by atoms with E-state index in [4.69, 9.17) is 19.6 Å². The highest BCUT2D eigenvalue weighted by atomic mass is 16.5. The second-order valence-corrected chi connectivity index (χ2v) is 3.56. The van der Waals surface area contributed by atoms with Crippen molar-refractivity contribution in [2.24, 2.45) is 5.73 Å². The highest BCUT2D eigenvalue weighted by Gasteiger charge is 2.13. The molecule has 0 atom stereocenters. The second-order valence-electron chi connectivity index (χ2n) is 3.56. The lowest BCUT2D eigenvalue weighted by atomic mass is 10.5. The molecule has 0 amide bonds. The van der Waals surface area contributed by atoms with Crippen LogP contribution in [0.5, 0.6) is 0 Å². The van der Waals surface area contributed by atoms with Crippen LogP contribution in [-0.4, -0.2) is 49.7 Å². The Morgan fingerprint density at radius 1 is 1.11 bits per heavy atom. The van der Waals surface area contributed by atoms with Crippen LogP contribution in [0.4, 0.5) is 6.01 Å². The van der Waals surface area contributed by atoms with E-state index in [1.54, 1.807) is 0 Å². The van der Waals surface area contributed by atoms with Crippen LogP contribution in [-0.2, 0) is 16.0 Å². The second kappa shape index (κ2) is 8.84. The first-order chi connectivity index (χ1) is 8.81. The van der Waals surface area contributed by atoms with Crippen molar-refractivity contribution < 1.29 is 13.9 Å². The van der Waals surface area contributed by atoms with E-state index in [1.807, 2.05) is 18.7 Å². The van der Waals surface area contributed by atoms with Crippen molar-refractivity contribution in [3.8, 4) is 0 Å². The third-order valence-electron chi connectivity index (χ3n) is 2.32. The van der Waals surface area contributed by atoms with Crippen LogP contribution in [0.25, 0.3) is 0 Å². The smallest absolute Gasteiger partial charge is 0.318 e. The minimum Gasteiger partial charge on any atom is -0.407 e. The molecule has 0 aliphatic carbocycles. The molecule has 0 spiro atoms. The van der Waals surface area contributed by atoms with Crippen LogP contribution in [0.1, 0.15) is 19.7 Å². The van der Waals surface area contributed by atoms with Crippen molar-refractivity contribution in [2.75, 3.05) is 44.4 Å². The standard InChI is InChI=1S/C11H22N4O3/c1-3-16-7-5-15(6-8-17-4-2)11-14-13-10(9-12)18-11/h3-9,12H2,1-2H3. The van der Waals surface area contributed by atoms with Gasteiger partial charge in [-0.3, -0.25) is 0 Å². The maximum absolute atomic E-state index is 5.44. The summed E-state index contributed by atoms with van der Waals surface area (Å²) in [4.78, 5) is 1.94. The topological polar surface area (TPSA) is 86.6 Å². The first-order valence-electron chi connectivity index (χ1n) is 6.24. The van der Waals surface area contributed by atoms with Crippen molar-refractivity contribution in [1.82, 2.24) is 10.2 Å². The van der Waals surface area contributed by atoms with Crippen LogP contribution in [0.15, 0.2) is 4.42 Å². The van der Waals surface area contributed by atoms with Gasteiger partial charge in [-0.05, 0) is 13.8 Å². The number of aromatic nitrogens is 2. The van der Waals surface area contributed by atoms with Gasteiger partial charge in [0.1, 0.15) is 0 Å². The van der Waals surface area contributed by atoms with E-state index in [1.165, 1.54) is 0 Å². The SMILES string of the molecule is CCOCCN(CCOCC)c1nnc(CN)o1. The monoisotopic (exact) mass is 258 g/mol. The normalized spacial score (nSPS) is 10.8. The van der Waals surface area contributed by atoms with Gasteiger partial charge in [0.15, 0.2) is 0 Å². The van der Waals surface area contributed by atoms with E-state index >= 15 is 0 Å². The zero-order chi connectivity index (χ0) is 13.2. The average Bonchev–Trinajstić information content (AvgIpc) is 2.86. The summed E-state index contributed by atoms with van der Waals surface area (Å²) in [6, 6.07) is 0.467. The van der Waals surface area contributed by atoms with Gasteiger partial charge >= 0.3 is 6.01 Å². The van der Waals surface area contributed by atoms with E-state index in [2.05, 4.69) is 10.2 Å². The van der Waals surface area contributed by atoms with Crippen LogP contribution in [0.2, 0.25) is 0 Å². The molecule has 0 saturated heterocycles. The van der Waals surface area contributed by atoms with Gasteiger partial charge < -0.3 is 24.5 Å². The molecular formula is C11H22N4O3. The predicted molar refractivity (Wildman–Crippen MR) is 67.4 cm³/mol. The number of nitrogens with zero attached hydrogens (tertiary/aromatic N) is 3. The van der Waals surface area contributed by atoms with E-state index in [0.717, 1.165) is 0 Å².